The van der Waals surface area contributed by atoms with E-state index < -0.39 is 0 Å². The van der Waals surface area contributed by atoms with E-state index in [0.717, 1.165) is 24.3 Å². The van der Waals surface area contributed by atoms with Gasteiger partial charge < -0.3 is 15.2 Å². The second kappa shape index (κ2) is 8.59. The molecular weight excluding hydrogens is 286 g/mol. The van der Waals surface area contributed by atoms with Gasteiger partial charge in [0.15, 0.2) is 0 Å². The third kappa shape index (κ3) is 5.00. The van der Waals surface area contributed by atoms with Gasteiger partial charge in [-0.15, -0.1) is 0 Å². The minimum absolute atomic E-state index is 0.00219. The van der Waals surface area contributed by atoms with E-state index in [1.54, 1.807) is 0 Å². The Morgan fingerprint density at radius 3 is 2.30 bits per heavy atom. The van der Waals surface area contributed by atoms with Crippen LogP contribution >= 0.6 is 0 Å². The molecule has 3 heteroatoms. The Balaban J connectivity index is 1.85. The molecule has 0 heterocycles. The normalized spacial score (nSPS) is 13.3. The number of hydrogen-bond acceptors (Lipinski definition) is 3. The molecule has 2 aromatic rings. The first-order chi connectivity index (χ1) is 11.2. The first kappa shape index (κ1) is 17.4. The monoisotopic (exact) mass is 313 g/mol. The Bertz CT molecular complexity index is 585. The van der Waals surface area contributed by atoms with Crippen LogP contribution in [-0.4, -0.2) is 19.8 Å². The molecule has 0 aliphatic heterocycles. The van der Waals surface area contributed by atoms with Crippen molar-refractivity contribution in [2.75, 3.05) is 19.8 Å². The molecule has 0 amide bonds. The predicted molar refractivity (Wildman–Crippen MR) is 95.2 cm³/mol. The van der Waals surface area contributed by atoms with E-state index in [1.807, 2.05) is 37.3 Å². The zero-order valence-electron chi connectivity index (χ0n) is 14.1. The highest BCUT2D eigenvalue weighted by molar-refractivity contribution is 5.32. The lowest BCUT2D eigenvalue weighted by Crippen LogP contribution is -2.32. The zero-order chi connectivity index (χ0) is 16.5. The number of rotatable bonds is 9. The second-order valence-corrected chi connectivity index (χ2v) is 5.99. The summed E-state index contributed by atoms with van der Waals surface area (Å²) in [5.74, 6) is 1.70. The Morgan fingerprint density at radius 1 is 0.957 bits per heavy atom. The SMILES string of the molecule is CCOc1cccc(OCCCC(C)(CN)c2ccccc2)c1. The van der Waals surface area contributed by atoms with Crippen LogP contribution in [0.3, 0.4) is 0 Å². The van der Waals surface area contributed by atoms with Crippen molar-refractivity contribution in [1.29, 1.82) is 0 Å². The van der Waals surface area contributed by atoms with Crippen molar-refractivity contribution < 1.29 is 9.47 Å². The first-order valence-corrected chi connectivity index (χ1v) is 8.29. The van der Waals surface area contributed by atoms with Gasteiger partial charge in [-0.3, -0.25) is 0 Å². The van der Waals surface area contributed by atoms with E-state index in [2.05, 4.69) is 31.2 Å². The molecule has 2 rings (SSSR count). The first-order valence-electron chi connectivity index (χ1n) is 8.29. The highest BCUT2D eigenvalue weighted by atomic mass is 16.5. The van der Waals surface area contributed by atoms with E-state index in [1.165, 1.54) is 5.56 Å². The Labute approximate surface area is 139 Å². The lowest BCUT2D eigenvalue weighted by molar-refractivity contribution is 0.282. The highest BCUT2D eigenvalue weighted by Gasteiger charge is 2.24. The number of ether oxygens (including phenoxy) is 2. The molecule has 0 radical (unpaired) electrons. The standard InChI is InChI=1S/C20H27NO2/c1-3-22-18-11-7-12-19(15-18)23-14-8-13-20(2,16-21)17-9-5-4-6-10-17/h4-7,9-12,15H,3,8,13-14,16,21H2,1-2H3. The van der Waals surface area contributed by atoms with Gasteiger partial charge in [-0.1, -0.05) is 43.3 Å². The molecular formula is C20H27NO2. The van der Waals surface area contributed by atoms with E-state index in [4.69, 9.17) is 15.2 Å². The molecule has 0 aliphatic carbocycles. The minimum Gasteiger partial charge on any atom is -0.494 e. The van der Waals surface area contributed by atoms with E-state index in [0.29, 0.717) is 19.8 Å². The fraction of sp³-hybridized carbons (Fsp3) is 0.400. The second-order valence-electron chi connectivity index (χ2n) is 5.99. The lowest BCUT2D eigenvalue weighted by atomic mass is 9.79. The summed E-state index contributed by atoms with van der Waals surface area (Å²) < 4.78 is 11.3. The summed E-state index contributed by atoms with van der Waals surface area (Å²) >= 11 is 0. The summed E-state index contributed by atoms with van der Waals surface area (Å²) in [7, 11) is 0. The summed E-state index contributed by atoms with van der Waals surface area (Å²) in [6.45, 7) is 6.17. The Morgan fingerprint density at radius 2 is 1.65 bits per heavy atom. The summed E-state index contributed by atoms with van der Waals surface area (Å²) in [4.78, 5) is 0. The van der Waals surface area contributed by atoms with Gasteiger partial charge in [0.1, 0.15) is 11.5 Å². The minimum atomic E-state index is -0.00219. The van der Waals surface area contributed by atoms with Crippen LogP contribution in [0.1, 0.15) is 32.3 Å². The fourth-order valence-electron chi connectivity index (χ4n) is 2.68. The van der Waals surface area contributed by atoms with Crippen molar-refractivity contribution in [2.24, 2.45) is 5.73 Å². The average molecular weight is 313 g/mol. The Hall–Kier alpha value is -2.00. The van der Waals surface area contributed by atoms with Crippen LogP contribution in [0.5, 0.6) is 11.5 Å². The van der Waals surface area contributed by atoms with Gasteiger partial charge in [0.25, 0.3) is 0 Å². The van der Waals surface area contributed by atoms with Crippen LogP contribution in [-0.2, 0) is 5.41 Å². The van der Waals surface area contributed by atoms with Gasteiger partial charge in [0, 0.05) is 18.0 Å². The number of hydrogen-bond donors (Lipinski definition) is 1. The van der Waals surface area contributed by atoms with Crippen molar-refractivity contribution in [3.63, 3.8) is 0 Å². The highest BCUT2D eigenvalue weighted by Crippen LogP contribution is 2.28. The molecule has 124 valence electrons. The van der Waals surface area contributed by atoms with E-state index >= 15 is 0 Å². The molecule has 1 atom stereocenters. The molecule has 0 spiro atoms. The van der Waals surface area contributed by atoms with Crippen molar-refractivity contribution >= 4 is 0 Å². The molecule has 0 aromatic heterocycles. The Kier molecular flexibility index (Phi) is 6.48. The topological polar surface area (TPSA) is 44.5 Å². The summed E-state index contributed by atoms with van der Waals surface area (Å²) in [6, 6.07) is 18.3. The van der Waals surface area contributed by atoms with Gasteiger partial charge in [-0.05, 0) is 37.5 Å². The molecule has 1 unspecified atom stereocenters. The summed E-state index contributed by atoms with van der Waals surface area (Å²) in [5, 5.41) is 0. The number of nitrogens with two attached hydrogens (primary N) is 1. The zero-order valence-corrected chi connectivity index (χ0v) is 14.1. The van der Waals surface area contributed by atoms with Gasteiger partial charge in [0.05, 0.1) is 13.2 Å². The molecule has 0 aliphatic rings. The van der Waals surface area contributed by atoms with Crippen LogP contribution in [0.25, 0.3) is 0 Å². The molecule has 0 fully saturated rings. The van der Waals surface area contributed by atoms with Gasteiger partial charge in [0.2, 0.25) is 0 Å². The largest absolute Gasteiger partial charge is 0.494 e. The third-order valence-electron chi connectivity index (χ3n) is 4.18. The third-order valence-corrected chi connectivity index (χ3v) is 4.18. The van der Waals surface area contributed by atoms with E-state index in [9.17, 15) is 0 Å². The van der Waals surface area contributed by atoms with Crippen LogP contribution in [0.4, 0.5) is 0 Å². The van der Waals surface area contributed by atoms with E-state index in [-0.39, 0.29) is 5.41 Å². The molecule has 0 saturated heterocycles. The predicted octanol–water partition coefficient (Wildman–Crippen LogP) is 4.16. The van der Waals surface area contributed by atoms with Crippen molar-refractivity contribution in [2.45, 2.75) is 32.1 Å². The van der Waals surface area contributed by atoms with Crippen molar-refractivity contribution in [1.82, 2.24) is 0 Å². The summed E-state index contributed by atoms with van der Waals surface area (Å²) in [6.07, 6.45) is 1.96. The summed E-state index contributed by atoms with van der Waals surface area (Å²) in [5.41, 5.74) is 7.32. The lowest BCUT2D eigenvalue weighted by Gasteiger charge is -2.28. The average Bonchev–Trinajstić information content (AvgIpc) is 2.60. The number of benzene rings is 2. The van der Waals surface area contributed by atoms with Crippen molar-refractivity contribution in [3.8, 4) is 11.5 Å². The molecule has 0 bridgehead atoms. The maximum absolute atomic E-state index is 6.03. The molecule has 2 N–H and O–H groups in total. The van der Waals surface area contributed by atoms with Gasteiger partial charge in [-0.25, -0.2) is 0 Å². The van der Waals surface area contributed by atoms with Crippen LogP contribution in [0.2, 0.25) is 0 Å². The van der Waals surface area contributed by atoms with Crippen LogP contribution in [0, 0.1) is 0 Å². The van der Waals surface area contributed by atoms with Crippen LogP contribution in [0.15, 0.2) is 54.6 Å². The quantitative estimate of drug-likeness (QED) is 0.707. The maximum atomic E-state index is 6.03. The van der Waals surface area contributed by atoms with Gasteiger partial charge >= 0.3 is 0 Å². The maximum Gasteiger partial charge on any atom is 0.122 e. The molecule has 0 saturated carbocycles. The van der Waals surface area contributed by atoms with Crippen molar-refractivity contribution in [3.05, 3.63) is 60.2 Å². The fourth-order valence-corrected chi connectivity index (χ4v) is 2.68. The molecule has 2 aromatic carbocycles. The molecule has 3 nitrogen and oxygen atoms in total. The molecule has 23 heavy (non-hydrogen) atoms. The van der Waals surface area contributed by atoms with Crippen LogP contribution < -0.4 is 15.2 Å². The van der Waals surface area contributed by atoms with Gasteiger partial charge in [-0.2, -0.15) is 0 Å². The smallest absolute Gasteiger partial charge is 0.122 e.